The molecule has 0 heterocycles. The lowest BCUT2D eigenvalue weighted by molar-refractivity contribution is 0.00432. The molecule has 0 amide bonds. The van der Waals surface area contributed by atoms with Crippen LogP contribution >= 0.6 is 0 Å². The van der Waals surface area contributed by atoms with E-state index in [-0.39, 0.29) is 19.0 Å². The molecule has 0 saturated carbocycles. The van der Waals surface area contributed by atoms with Crippen molar-refractivity contribution in [1.29, 1.82) is 0 Å². The topological polar surface area (TPSA) is 95.8 Å². The summed E-state index contributed by atoms with van der Waals surface area (Å²) in [6.45, 7) is 6.86. The zero-order valence-electron chi connectivity index (χ0n) is 20.5. The van der Waals surface area contributed by atoms with E-state index in [0.29, 0.717) is 58.6 Å². The van der Waals surface area contributed by atoms with Crippen molar-refractivity contribution in [2.75, 3.05) is 66.1 Å². The summed E-state index contributed by atoms with van der Waals surface area (Å²) in [5.74, 6) is 0.413. The first-order valence-corrected chi connectivity index (χ1v) is 11.8. The zero-order chi connectivity index (χ0) is 25.3. The van der Waals surface area contributed by atoms with Crippen LogP contribution in [0.25, 0.3) is 11.1 Å². The van der Waals surface area contributed by atoms with Gasteiger partial charge in [0.2, 0.25) is 0 Å². The van der Waals surface area contributed by atoms with Crippen LogP contribution in [0, 0.1) is 5.82 Å². The first kappa shape index (κ1) is 29.0. The molecule has 9 heteroatoms. The van der Waals surface area contributed by atoms with Crippen molar-refractivity contribution in [3.8, 4) is 22.6 Å². The van der Waals surface area contributed by atoms with Gasteiger partial charge in [0.1, 0.15) is 19.0 Å². The molecule has 0 aliphatic rings. The van der Waals surface area contributed by atoms with Gasteiger partial charge in [-0.25, -0.2) is 4.39 Å². The van der Waals surface area contributed by atoms with E-state index in [9.17, 15) is 4.39 Å². The smallest absolute Gasteiger partial charge is 0.165 e. The summed E-state index contributed by atoms with van der Waals surface area (Å²) < 4.78 is 46.7. The Kier molecular flexibility index (Phi) is 14.2. The van der Waals surface area contributed by atoms with Crippen LogP contribution in [0.15, 0.2) is 42.5 Å². The van der Waals surface area contributed by atoms with Gasteiger partial charge >= 0.3 is 0 Å². The van der Waals surface area contributed by atoms with E-state index in [2.05, 4.69) is 0 Å². The first-order valence-electron chi connectivity index (χ1n) is 11.8. The number of hydrogen-bond acceptors (Lipinski definition) is 8. The summed E-state index contributed by atoms with van der Waals surface area (Å²) in [7, 11) is 0. The van der Waals surface area contributed by atoms with Crippen LogP contribution in [0.3, 0.4) is 0 Å². The average Bonchev–Trinajstić information content (AvgIpc) is 2.83. The maximum atomic E-state index is 14.5. The summed E-state index contributed by atoms with van der Waals surface area (Å²) in [5.41, 5.74) is 1.59. The lowest BCUT2D eigenvalue weighted by Crippen LogP contribution is -2.15. The Hall–Kier alpha value is -2.27. The van der Waals surface area contributed by atoms with Crippen molar-refractivity contribution < 1.29 is 43.0 Å². The SMILES string of the molecule is CC(O)COCCOCCOc1ccc(-c2ccc(OCCOCCOCC(C)O)c(F)c2)cc1. The number of halogens is 1. The molecule has 0 aliphatic carbocycles. The van der Waals surface area contributed by atoms with Crippen LogP contribution in [0.1, 0.15) is 13.8 Å². The second kappa shape index (κ2) is 17.2. The largest absolute Gasteiger partial charge is 0.491 e. The molecule has 2 N–H and O–H groups in total. The minimum absolute atomic E-state index is 0.166. The fourth-order valence-corrected chi connectivity index (χ4v) is 2.92. The number of ether oxygens (including phenoxy) is 6. The van der Waals surface area contributed by atoms with E-state index in [0.717, 1.165) is 11.1 Å². The second-order valence-electron chi connectivity index (χ2n) is 7.94. The monoisotopic (exact) mass is 496 g/mol. The number of hydrogen-bond donors (Lipinski definition) is 2. The minimum atomic E-state index is -0.500. The Bertz CT molecular complexity index is 813. The van der Waals surface area contributed by atoms with Gasteiger partial charge in [-0.3, -0.25) is 0 Å². The average molecular weight is 497 g/mol. The van der Waals surface area contributed by atoms with Crippen LogP contribution in [0.4, 0.5) is 4.39 Å². The Morgan fingerprint density at radius 3 is 1.66 bits per heavy atom. The fourth-order valence-electron chi connectivity index (χ4n) is 2.92. The molecule has 0 radical (unpaired) electrons. The van der Waals surface area contributed by atoms with E-state index < -0.39 is 18.0 Å². The lowest BCUT2D eigenvalue weighted by atomic mass is 10.1. The Balaban J connectivity index is 1.65. The predicted octanol–water partition coefficient (Wildman–Crippen LogP) is 3.08. The highest BCUT2D eigenvalue weighted by Crippen LogP contribution is 2.27. The molecule has 0 fully saturated rings. The summed E-state index contributed by atoms with van der Waals surface area (Å²) in [5, 5.41) is 18.2. The van der Waals surface area contributed by atoms with Crippen LogP contribution < -0.4 is 9.47 Å². The molecule has 0 spiro atoms. The predicted molar refractivity (Wildman–Crippen MR) is 129 cm³/mol. The van der Waals surface area contributed by atoms with Crippen LogP contribution in [0.2, 0.25) is 0 Å². The van der Waals surface area contributed by atoms with Gasteiger partial charge in [0.05, 0.1) is 65.1 Å². The van der Waals surface area contributed by atoms with Gasteiger partial charge in [0.25, 0.3) is 0 Å². The molecule has 2 aromatic rings. The standard InChI is InChI=1S/C26H37FO8/c1-20(28)18-32-11-9-30-13-15-34-24-6-3-22(4-7-24)23-5-8-26(25(27)17-23)35-16-14-31-10-12-33-19-21(2)29/h3-8,17,20-21,28-29H,9-16,18-19H2,1-2H3. The fraction of sp³-hybridized carbons (Fsp3) is 0.538. The van der Waals surface area contributed by atoms with Gasteiger partial charge in [0, 0.05) is 0 Å². The summed E-state index contributed by atoms with van der Waals surface area (Å²) in [6.07, 6.45) is -0.978. The maximum Gasteiger partial charge on any atom is 0.165 e. The molecular formula is C26H37FO8. The van der Waals surface area contributed by atoms with E-state index >= 15 is 0 Å². The molecule has 0 saturated heterocycles. The zero-order valence-corrected chi connectivity index (χ0v) is 20.5. The Morgan fingerprint density at radius 1 is 0.629 bits per heavy atom. The molecule has 0 aromatic heterocycles. The quantitative estimate of drug-likeness (QED) is 0.287. The van der Waals surface area contributed by atoms with Gasteiger partial charge in [-0.05, 0) is 49.2 Å². The maximum absolute atomic E-state index is 14.5. The van der Waals surface area contributed by atoms with Gasteiger partial charge in [0.15, 0.2) is 11.6 Å². The highest BCUT2D eigenvalue weighted by Gasteiger charge is 2.07. The molecule has 0 bridgehead atoms. The molecular weight excluding hydrogens is 459 g/mol. The van der Waals surface area contributed by atoms with E-state index in [1.165, 1.54) is 6.07 Å². The van der Waals surface area contributed by atoms with Crippen molar-refractivity contribution in [1.82, 2.24) is 0 Å². The third kappa shape index (κ3) is 12.8. The number of aliphatic hydroxyl groups is 2. The Morgan fingerprint density at radius 2 is 1.11 bits per heavy atom. The molecule has 2 rings (SSSR count). The van der Waals surface area contributed by atoms with E-state index in [4.69, 9.17) is 38.6 Å². The van der Waals surface area contributed by atoms with Gasteiger partial charge in [-0.1, -0.05) is 18.2 Å². The van der Waals surface area contributed by atoms with E-state index in [1.54, 1.807) is 26.0 Å². The van der Waals surface area contributed by atoms with Gasteiger partial charge < -0.3 is 38.6 Å². The van der Waals surface area contributed by atoms with Crippen LogP contribution in [0.5, 0.6) is 11.5 Å². The van der Waals surface area contributed by atoms with Crippen LogP contribution in [-0.2, 0) is 18.9 Å². The molecule has 2 unspecified atom stereocenters. The van der Waals surface area contributed by atoms with Gasteiger partial charge in [-0.2, -0.15) is 0 Å². The minimum Gasteiger partial charge on any atom is -0.491 e. The summed E-state index contributed by atoms with van der Waals surface area (Å²) >= 11 is 0. The molecule has 2 aromatic carbocycles. The molecule has 35 heavy (non-hydrogen) atoms. The lowest BCUT2D eigenvalue weighted by Gasteiger charge is -2.11. The highest BCUT2D eigenvalue weighted by atomic mass is 19.1. The Labute approximate surface area is 206 Å². The van der Waals surface area contributed by atoms with E-state index in [1.807, 2.05) is 24.3 Å². The third-order valence-electron chi connectivity index (χ3n) is 4.56. The highest BCUT2D eigenvalue weighted by molar-refractivity contribution is 5.65. The number of aliphatic hydroxyl groups excluding tert-OH is 2. The normalized spacial score (nSPS) is 12.9. The van der Waals surface area contributed by atoms with Crippen molar-refractivity contribution in [2.45, 2.75) is 26.1 Å². The molecule has 8 nitrogen and oxygen atoms in total. The summed E-state index contributed by atoms with van der Waals surface area (Å²) in [4.78, 5) is 0. The van der Waals surface area contributed by atoms with Gasteiger partial charge in [-0.15, -0.1) is 0 Å². The molecule has 196 valence electrons. The van der Waals surface area contributed by atoms with Crippen molar-refractivity contribution in [3.05, 3.63) is 48.3 Å². The molecule has 0 aliphatic heterocycles. The van der Waals surface area contributed by atoms with Crippen molar-refractivity contribution in [2.24, 2.45) is 0 Å². The summed E-state index contributed by atoms with van der Waals surface area (Å²) in [6, 6.07) is 12.2. The van der Waals surface area contributed by atoms with Crippen molar-refractivity contribution in [3.63, 3.8) is 0 Å². The first-order chi connectivity index (χ1) is 17.0. The second-order valence-corrected chi connectivity index (χ2v) is 7.94. The number of benzene rings is 2. The van der Waals surface area contributed by atoms with Crippen molar-refractivity contribution >= 4 is 0 Å². The number of rotatable bonds is 19. The van der Waals surface area contributed by atoms with Crippen LogP contribution in [-0.4, -0.2) is 88.5 Å². The molecule has 2 atom stereocenters. The third-order valence-corrected chi connectivity index (χ3v) is 4.56.